The topological polar surface area (TPSA) is 138 Å². The molecular formula is C28H25N3O6S. The summed E-state index contributed by atoms with van der Waals surface area (Å²) < 4.78 is 34.2. The molecule has 1 heterocycles. The zero-order valence-electron chi connectivity index (χ0n) is 20.4. The van der Waals surface area contributed by atoms with Crippen molar-refractivity contribution in [2.45, 2.75) is 24.3 Å². The second-order valence-corrected chi connectivity index (χ2v) is 10.2. The SMILES string of the molecule is Cc1ccc(S(=O)(=O)N[C@@H](CC(=O)N/N=C\c2ccc(-c3ccccc3C(=O)O)o2)c2ccccc2)cc1. The summed E-state index contributed by atoms with van der Waals surface area (Å²) in [6.45, 7) is 1.86. The molecule has 0 saturated heterocycles. The van der Waals surface area contributed by atoms with Gasteiger partial charge in [0, 0.05) is 12.0 Å². The number of hydrogen-bond acceptors (Lipinski definition) is 6. The standard InChI is InChI=1S/C28H25N3O6S/c1-19-11-14-22(15-12-19)38(35,36)31-25(20-7-3-2-4-8-20)17-27(32)30-29-18-21-13-16-26(37-21)23-9-5-6-10-24(23)28(33)34/h2-16,18,25,31H,17H2,1H3,(H,30,32)(H,33,34)/b29-18-/t25-/m0/s1. The summed E-state index contributed by atoms with van der Waals surface area (Å²) in [6, 6.07) is 24.0. The first kappa shape index (κ1) is 26.5. The lowest BCUT2D eigenvalue weighted by atomic mass is 10.0. The molecule has 38 heavy (non-hydrogen) atoms. The maximum absolute atomic E-state index is 13.0. The number of carbonyl (C=O) groups is 2. The van der Waals surface area contributed by atoms with Gasteiger partial charge in [0.15, 0.2) is 0 Å². The van der Waals surface area contributed by atoms with Gasteiger partial charge < -0.3 is 9.52 Å². The van der Waals surface area contributed by atoms with E-state index < -0.39 is 27.9 Å². The van der Waals surface area contributed by atoms with Crippen LogP contribution in [0.1, 0.15) is 39.7 Å². The predicted octanol–water partition coefficient (Wildman–Crippen LogP) is 4.51. The Balaban J connectivity index is 1.45. The number of hydrogen-bond donors (Lipinski definition) is 3. The van der Waals surface area contributed by atoms with Crippen LogP contribution < -0.4 is 10.1 Å². The van der Waals surface area contributed by atoms with Crippen molar-refractivity contribution in [3.05, 3.63) is 113 Å². The molecule has 0 aliphatic rings. The molecule has 0 spiro atoms. The number of hydrazone groups is 1. The molecule has 0 bridgehead atoms. The first-order chi connectivity index (χ1) is 18.2. The molecule has 10 heteroatoms. The maximum atomic E-state index is 13.0. The number of amides is 1. The Bertz CT molecular complexity index is 1560. The number of carboxylic acids is 1. The molecule has 0 unspecified atom stereocenters. The lowest BCUT2D eigenvalue weighted by Gasteiger charge is -2.18. The maximum Gasteiger partial charge on any atom is 0.336 e. The highest BCUT2D eigenvalue weighted by atomic mass is 32.2. The van der Waals surface area contributed by atoms with Crippen molar-refractivity contribution < 1.29 is 27.5 Å². The molecule has 4 aromatic rings. The third-order valence-corrected chi connectivity index (χ3v) is 7.14. The molecule has 0 radical (unpaired) electrons. The summed E-state index contributed by atoms with van der Waals surface area (Å²) in [5.74, 6) is -0.972. The van der Waals surface area contributed by atoms with Gasteiger partial charge in [0.1, 0.15) is 11.5 Å². The summed E-state index contributed by atoms with van der Waals surface area (Å²) >= 11 is 0. The first-order valence-corrected chi connectivity index (χ1v) is 13.1. The van der Waals surface area contributed by atoms with Crippen molar-refractivity contribution in [3.63, 3.8) is 0 Å². The number of aromatic carboxylic acids is 1. The van der Waals surface area contributed by atoms with Gasteiger partial charge >= 0.3 is 5.97 Å². The van der Waals surface area contributed by atoms with E-state index >= 15 is 0 Å². The average molecular weight is 532 g/mol. The molecule has 194 valence electrons. The van der Waals surface area contributed by atoms with E-state index in [1.54, 1.807) is 72.8 Å². The van der Waals surface area contributed by atoms with Crippen LogP contribution >= 0.6 is 0 Å². The van der Waals surface area contributed by atoms with Gasteiger partial charge in [-0.15, -0.1) is 0 Å². The normalized spacial score (nSPS) is 12.3. The van der Waals surface area contributed by atoms with Crippen LogP contribution in [0.2, 0.25) is 0 Å². The Labute approximate surface area is 219 Å². The minimum absolute atomic E-state index is 0.0960. The summed E-state index contributed by atoms with van der Waals surface area (Å²) in [4.78, 5) is 24.2. The van der Waals surface area contributed by atoms with E-state index in [0.717, 1.165) is 5.56 Å². The third-order valence-electron chi connectivity index (χ3n) is 5.65. The number of furan rings is 1. The fraction of sp³-hybridized carbons (Fsp3) is 0.107. The highest BCUT2D eigenvalue weighted by Crippen LogP contribution is 2.25. The predicted molar refractivity (Wildman–Crippen MR) is 142 cm³/mol. The minimum atomic E-state index is -3.89. The number of benzene rings is 3. The fourth-order valence-corrected chi connectivity index (χ4v) is 4.96. The van der Waals surface area contributed by atoms with E-state index in [0.29, 0.717) is 22.6 Å². The number of nitrogens with one attached hydrogen (secondary N) is 2. The van der Waals surface area contributed by atoms with Crippen LogP contribution in [-0.4, -0.2) is 31.6 Å². The molecule has 3 aromatic carbocycles. The van der Waals surface area contributed by atoms with Crippen LogP contribution in [0.3, 0.4) is 0 Å². The van der Waals surface area contributed by atoms with Crippen molar-refractivity contribution >= 4 is 28.1 Å². The number of nitrogens with zero attached hydrogens (tertiary/aromatic N) is 1. The number of carboxylic acid groups (broad SMARTS) is 1. The van der Waals surface area contributed by atoms with Crippen LogP contribution in [-0.2, 0) is 14.8 Å². The number of aryl methyl sites for hydroxylation is 1. The molecule has 9 nitrogen and oxygen atoms in total. The van der Waals surface area contributed by atoms with Gasteiger partial charge in [-0.3, -0.25) is 4.79 Å². The number of rotatable bonds is 10. The quantitative estimate of drug-likeness (QED) is 0.203. The monoisotopic (exact) mass is 531 g/mol. The third kappa shape index (κ3) is 6.61. The van der Waals surface area contributed by atoms with Gasteiger partial charge in [0.2, 0.25) is 15.9 Å². The highest BCUT2D eigenvalue weighted by Gasteiger charge is 2.23. The Hall–Kier alpha value is -4.54. The largest absolute Gasteiger partial charge is 0.478 e. The van der Waals surface area contributed by atoms with Crippen LogP contribution in [0.5, 0.6) is 0 Å². The van der Waals surface area contributed by atoms with Crippen LogP contribution in [0.15, 0.2) is 105 Å². The van der Waals surface area contributed by atoms with Crippen molar-refractivity contribution in [1.82, 2.24) is 10.1 Å². The summed E-state index contributed by atoms with van der Waals surface area (Å²) in [7, 11) is -3.89. The van der Waals surface area contributed by atoms with E-state index in [1.165, 1.54) is 24.4 Å². The van der Waals surface area contributed by atoms with Gasteiger partial charge in [-0.25, -0.2) is 23.4 Å². The summed E-state index contributed by atoms with van der Waals surface area (Å²) in [5.41, 5.74) is 4.44. The number of sulfonamides is 1. The molecule has 0 saturated carbocycles. The molecule has 0 fully saturated rings. The van der Waals surface area contributed by atoms with Crippen molar-refractivity contribution in [2.24, 2.45) is 5.10 Å². The second-order valence-electron chi connectivity index (χ2n) is 8.45. The van der Waals surface area contributed by atoms with E-state index in [4.69, 9.17) is 4.42 Å². The molecule has 1 atom stereocenters. The van der Waals surface area contributed by atoms with E-state index in [1.807, 2.05) is 6.92 Å². The van der Waals surface area contributed by atoms with Crippen LogP contribution in [0, 0.1) is 6.92 Å². The van der Waals surface area contributed by atoms with Gasteiger partial charge in [0.05, 0.1) is 22.7 Å². The Morgan fingerprint density at radius 3 is 2.34 bits per heavy atom. The summed E-state index contributed by atoms with van der Waals surface area (Å²) in [6.07, 6.45) is 1.07. The highest BCUT2D eigenvalue weighted by molar-refractivity contribution is 7.89. The van der Waals surface area contributed by atoms with E-state index in [9.17, 15) is 23.1 Å². The zero-order valence-corrected chi connectivity index (χ0v) is 21.2. The number of carbonyl (C=O) groups excluding carboxylic acids is 1. The van der Waals surface area contributed by atoms with Gasteiger partial charge in [0.25, 0.3) is 0 Å². The molecular weight excluding hydrogens is 506 g/mol. The molecule has 4 rings (SSSR count). The molecule has 1 amide bonds. The molecule has 0 aliphatic carbocycles. The van der Waals surface area contributed by atoms with Crippen LogP contribution in [0.4, 0.5) is 0 Å². The Kier molecular flexibility index (Phi) is 8.15. The molecule has 3 N–H and O–H groups in total. The summed E-state index contributed by atoms with van der Waals surface area (Å²) in [5, 5.41) is 13.3. The van der Waals surface area contributed by atoms with E-state index in [-0.39, 0.29) is 16.9 Å². The van der Waals surface area contributed by atoms with Crippen molar-refractivity contribution in [1.29, 1.82) is 0 Å². The zero-order chi connectivity index (χ0) is 27.1. The van der Waals surface area contributed by atoms with Crippen molar-refractivity contribution in [2.75, 3.05) is 0 Å². The lowest BCUT2D eigenvalue weighted by Crippen LogP contribution is -2.32. The van der Waals surface area contributed by atoms with Gasteiger partial charge in [-0.2, -0.15) is 5.10 Å². The van der Waals surface area contributed by atoms with Gasteiger partial charge in [-0.05, 0) is 42.8 Å². The minimum Gasteiger partial charge on any atom is -0.478 e. The van der Waals surface area contributed by atoms with Crippen LogP contribution in [0.25, 0.3) is 11.3 Å². The Morgan fingerprint density at radius 1 is 0.947 bits per heavy atom. The van der Waals surface area contributed by atoms with E-state index in [2.05, 4.69) is 15.2 Å². The Morgan fingerprint density at radius 2 is 1.63 bits per heavy atom. The average Bonchev–Trinajstić information content (AvgIpc) is 3.38. The van der Waals surface area contributed by atoms with Gasteiger partial charge in [-0.1, -0.05) is 66.2 Å². The molecule has 1 aromatic heterocycles. The second kappa shape index (κ2) is 11.7. The first-order valence-electron chi connectivity index (χ1n) is 11.6. The lowest BCUT2D eigenvalue weighted by molar-refractivity contribution is -0.121. The fourth-order valence-electron chi connectivity index (χ4n) is 3.74. The molecule has 0 aliphatic heterocycles. The van der Waals surface area contributed by atoms with Crippen molar-refractivity contribution in [3.8, 4) is 11.3 Å². The smallest absolute Gasteiger partial charge is 0.336 e.